The van der Waals surface area contributed by atoms with E-state index in [9.17, 15) is 0 Å². The van der Waals surface area contributed by atoms with Gasteiger partial charge >= 0.3 is 23.1 Å². The summed E-state index contributed by atoms with van der Waals surface area (Å²) in [6, 6.07) is 0. The molecule has 0 aliphatic rings. The molecule has 0 unspecified atom stereocenters. The maximum atomic E-state index is 2.16. The number of halogens is 1. The Bertz CT molecular complexity index is 22.0. The minimum Gasteiger partial charge on any atom is -1.00 e. The molecule has 0 atom stereocenters. The standard InChI is InChI=1S/C5H11.BrH.Mg/c1-4-5(2)3;;/h4H2,1-3H3;1H;/q-1;;+2/p-1. The van der Waals surface area contributed by atoms with Crippen LogP contribution in [0.2, 0.25) is 0 Å². The smallest absolute Gasteiger partial charge is 1.00 e. The van der Waals surface area contributed by atoms with Crippen molar-refractivity contribution < 1.29 is 17.0 Å². The second-order valence-electron chi connectivity index (χ2n) is 1.56. The zero-order valence-electron chi connectivity index (χ0n) is 5.29. The van der Waals surface area contributed by atoms with Gasteiger partial charge in [-0.2, -0.15) is 20.3 Å². The van der Waals surface area contributed by atoms with Gasteiger partial charge in [0.05, 0.1) is 0 Å². The van der Waals surface area contributed by atoms with Crippen LogP contribution in [0.1, 0.15) is 27.2 Å². The van der Waals surface area contributed by atoms with Gasteiger partial charge in [-0.25, -0.2) is 0 Å². The first kappa shape index (κ1) is 15.7. The number of hydrogen-bond acceptors (Lipinski definition) is 0. The molecule has 0 aliphatic heterocycles. The summed E-state index contributed by atoms with van der Waals surface area (Å²) in [5, 5.41) is 0. The Morgan fingerprint density at radius 2 is 1.43 bits per heavy atom. The van der Waals surface area contributed by atoms with E-state index in [2.05, 4.69) is 20.8 Å². The largest absolute Gasteiger partial charge is 2.00 e. The molecular formula is C5H11BrMg. The first-order valence-electron chi connectivity index (χ1n) is 2.06. The molecule has 40 valence electrons. The van der Waals surface area contributed by atoms with E-state index in [1.165, 1.54) is 12.3 Å². The van der Waals surface area contributed by atoms with Crippen LogP contribution in [0.25, 0.3) is 0 Å². The van der Waals surface area contributed by atoms with Gasteiger partial charge in [-0.15, -0.1) is 0 Å². The molecular weight excluding hydrogens is 164 g/mol. The summed E-state index contributed by atoms with van der Waals surface area (Å²) in [6.45, 7) is 6.44. The molecule has 0 bridgehead atoms. The Kier molecular flexibility index (Phi) is 23.1. The van der Waals surface area contributed by atoms with E-state index < -0.39 is 0 Å². The van der Waals surface area contributed by atoms with Gasteiger partial charge < -0.3 is 22.9 Å². The van der Waals surface area contributed by atoms with Crippen molar-refractivity contribution in [2.75, 3.05) is 0 Å². The molecule has 0 spiro atoms. The van der Waals surface area contributed by atoms with Crippen molar-refractivity contribution in [3.05, 3.63) is 5.92 Å². The molecule has 0 aromatic carbocycles. The molecule has 2 heteroatoms. The van der Waals surface area contributed by atoms with Crippen LogP contribution in [-0.2, 0) is 0 Å². The third-order valence-corrected chi connectivity index (χ3v) is 0.707. The van der Waals surface area contributed by atoms with E-state index in [-0.39, 0.29) is 40.0 Å². The molecule has 0 amide bonds. The molecule has 0 fully saturated rings. The normalized spacial score (nSPS) is 6.86. The molecule has 7 heavy (non-hydrogen) atoms. The van der Waals surface area contributed by atoms with Gasteiger partial charge in [0.2, 0.25) is 0 Å². The van der Waals surface area contributed by atoms with Crippen LogP contribution in [0.3, 0.4) is 0 Å². The van der Waals surface area contributed by atoms with Crippen molar-refractivity contribution in [3.63, 3.8) is 0 Å². The molecule has 0 heterocycles. The Labute approximate surface area is 73.0 Å². The van der Waals surface area contributed by atoms with E-state index in [4.69, 9.17) is 0 Å². The van der Waals surface area contributed by atoms with Crippen LogP contribution < -0.4 is 17.0 Å². The average molecular weight is 175 g/mol. The first-order valence-corrected chi connectivity index (χ1v) is 2.06. The molecule has 0 nitrogen and oxygen atoms in total. The van der Waals surface area contributed by atoms with E-state index >= 15 is 0 Å². The van der Waals surface area contributed by atoms with Gasteiger partial charge in [-0.1, -0.05) is 6.92 Å². The molecule has 0 aromatic rings. The molecule has 0 N–H and O–H groups in total. The first-order chi connectivity index (χ1) is 2.27. The van der Waals surface area contributed by atoms with Crippen LogP contribution >= 0.6 is 0 Å². The fourth-order valence-corrected chi connectivity index (χ4v) is 0. The van der Waals surface area contributed by atoms with Crippen LogP contribution in [-0.4, -0.2) is 23.1 Å². The SMILES string of the molecule is CC[C-](C)C.[Br-].[Mg+2]. The van der Waals surface area contributed by atoms with Crippen LogP contribution in [0.5, 0.6) is 0 Å². The maximum absolute atomic E-state index is 2.16. The second kappa shape index (κ2) is 10.3. The van der Waals surface area contributed by atoms with Gasteiger partial charge in [0.1, 0.15) is 0 Å². The van der Waals surface area contributed by atoms with Crippen LogP contribution in [0.4, 0.5) is 0 Å². The maximum Gasteiger partial charge on any atom is 2.00 e. The summed E-state index contributed by atoms with van der Waals surface area (Å²) < 4.78 is 0. The van der Waals surface area contributed by atoms with E-state index in [1.807, 2.05) is 0 Å². The summed E-state index contributed by atoms with van der Waals surface area (Å²) in [6.07, 6.45) is 1.22. The Hall–Kier alpha value is 1.25. The molecule has 0 rings (SSSR count). The van der Waals surface area contributed by atoms with E-state index in [0.29, 0.717) is 0 Å². The van der Waals surface area contributed by atoms with Crippen LogP contribution in [0, 0.1) is 5.92 Å². The quantitative estimate of drug-likeness (QED) is 0.341. The Balaban J connectivity index is -0.0000000800. The van der Waals surface area contributed by atoms with Crippen molar-refractivity contribution in [1.29, 1.82) is 0 Å². The molecule has 0 aromatic heterocycles. The molecule has 0 aliphatic carbocycles. The van der Waals surface area contributed by atoms with Gasteiger partial charge in [-0.3, -0.25) is 0 Å². The summed E-state index contributed by atoms with van der Waals surface area (Å²) in [5.74, 6) is 1.50. The zero-order chi connectivity index (χ0) is 4.28. The van der Waals surface area contributed by atoms with E-state index in [1.54, 1.807) is 0 Å². The molecule has 0 saturated carbocycles. The topological polar surface area (TPSA) is 0 Å². The van der Waals surface area contributed by atoms with E-state index in [0.717, 1.165) is 0 Å². The van der Waals surface area contributed by atoms with Crippen molar-refractivity contribution in [2.24, 2.45) is 0 Å². The van der Waals surface area contributed by atoms with Gasteiger partial charge in [-0.05, 0) is 0 Å². The predicted octanol–water partition coefficient (Wildman–Crippen LogP) is -1.37. The number of hydrogen-bond donors (Lipinski definition) is 0. The molecule has 0 saturated heterocycles. The monoisotopic (exact) mass is 174 g/mol. The van der Waals surface area contributed by atoms with Crippen LogP contribution in [0.15, 0.2) is 0 Å². The van der Waals surface area contributed by atoms with Crippen molar-refractivity contribution in [1.82, 2.24) is 0 Å². The fourth-order valence-electron chi connectivity index (χ4n) is 0. The van der Waals surface area contributed by atoms with Gasteiger partial charge in [0.15, 0.2) is 0 Å². The molecule has 0 radical (unpaired) electrons. The number of rotatable bonds is 1. The average Bonchev–Trinajstić information content (AvgIpc) is 1.38. The predicted molar refractivity (Wildman–Crippen MR) is 30.6 cm³/mol. The summed E-state index contributed by atoms with van der Waals surface area (Å²) in [5.41, 5.74) is 0. The van der Waals surface area contributed by atoms with Gasteiger partial charge in [0, 0.05) is 0 Å². The third kappa shape index (κ3) is 18.9. The second-order valence-corrected chi connectivity index (χ2v) is 1.56. The zero-order valence-corrected chi connectivity index (χ0v) is 8.29. The third-order valence-electron chi connectivity index (χ3n) is 0.707. The summed E-state index contributed by atoms with van der Waals surface area (Å²) >= 11 is 0. The Morgan fingerprint density at radius 3 is 1.43 bits per heavy atom. The summed E-state index contributed by atoms with van der Waals surface area (Å²) in [7, 11) is 0. The minimum atomic E-state index is 0. The summed E-state index contributed by atoms with van der Waals surface area (Å²) in [4.78, 5) is 0. The van der Waals surface area contributed by atoms with Crippen molar-refractivity contribution in [3.8, 4) is 0 Å². The van der Waals surface area contributed by atoms with Crippen molar-refractivity contribution >= 4 is 23.1 Å². The van der Waals surface area contributed by atoms with Gasteiger partial charge in [0.25, 0.3) is 0 Å². The Morgan fingerprint density at radius 1 is 1.29 bits per heavy atom. The van der Waals surface area contributed by atoms with Crippen molar-refractivity contribution in [2.45, 2.75) is 27.2 Å². The minimum absolute atomic E-state index is 0. The fraction of sp³-hybridized carbons (Fsp3) is 0.800.